The van der Waals surface area contributed by atoms with Crippen molar-refractivity contribution in [3.8, 4) is 22.6 Å². The minimum absolute atomic E-state index is 0.00251. The molecule has 4 aromatic rings. The first-order valence-electron chi connectivity index (χ1n) is 10.9. The number of alkyl halides is 3. The van der Waals surface area contributed by atoms with Gasteiger partial charge in [0.1, 0.15) is 11.6 Å². The summed E-state index contributed by atoms with van der Waals surface area (Å²) >= 11 is 0. The number of imidazole rings is 1. The molecule has 1 aliphatic heterocycles. The zero-order valence-corrected chi connectivity index (χ0v) is 18.9. The second-order valence-corrected chi connectivity index (χ2v) is 8.40. The van der Waals surface area contributed by atoms with Gasteiger partial charge in [0.15, 0.2) is 11.6 Å². The van der Waals surface area contributed by atoms with Gasteiger partial charge in [-0.25, -0.2) is 18.7 Å². The van der Waals surface area contributed by atoms with Gasteiger partial charge in [-0.3, -0.25) is 5.01 Å². The van der Waals surface area contributed by atoms with Crippen LogP contribution in [0.1, 0.15) is 28.1 Å². The maximum absolute atomic E-state index is 14.2. The third kappa shape index (κ3) is 4.39. The van der Waals surface area contributed by atoms with Crippen molar-refractivity contribution in [2.24, 2.45) is 5.10 Å². The molecule has 0 amide bonds. The first kappa shape index (κ1) is 23.5. The molecule has 0 fully saturated rings. The molecule has 5 rings (SSSR count). The number of nitrogens with zero attached hydrogens (tertiary/aromatic N) is 4. The highest BCUT2D eigenvalue weighted by Crippen LogP contribution is 2.37. The Morgan fingerprint density at radius 3 is 2.58 bits per heavy atom. The first-order valence-corrected chi connectivity index (χ1v) is 10.9. The fourth-order valence-corrected chi connectivity index (χ4v) is 4.01. The highest BCUT2D eigenvalue weighted by atomic mass is 19.4. The number of hydrogen-bond donors (Lipinski definition) is 2. The summed E-state index contributed by atoms with van der Waals surface area (Å²) < 4.78 is 68.4. The molecule has 0 unspecified atom stereocenters. The Morgan fingerprint density at radius 1 is 1.03 bits per heavy atom. The summed E-state index contributed by atoms with van der Waals surface area (Å²) in [5.74, 6) is -1.73. The summed E-state index contributed by atoms with van der Waals surface area (Å²) in [4.78, 5) is 11.5. The molecule has 3 heterocycles. The summed E-state index contributed by atoms with van der Waals surface area (Å²) in [6.45, 7) is 2.05. The summed E-state index contributed by atoms with van der Waals surface area (Å²) in [7, 11) is 0. The van der Waals surface area contributed by atoms with E-state index < -0.39 is 23.4 Å². The predicted octanol–water partition coefficient (Wildman–Crippen LogP) is 5.68. The monoisotopic (exact) mass is 498 g/mol. The molecule has 0 saturated carbocycles. The molecule has 6 nitrogen and oxygen atoms in total. The molecule has 3 N–H and O–H groups in total. The maximum Gasteiger partial charge on any atom is 0.417 e. The Balaban J connectivity index is 1.37. The van der Waals surface area contributed by atoms with Crippen LogP contribution in [-0.2, 0) is 19.3 Å². The van der Waals surface area contributed by atoms with Crippen LogP contribution in [0.25, 0.3) is 22.6 Å². The molecule has 2 aromatic heterocycles. The summed E-state index contributed by atoms with van der Waals surface area (Å²) in [6, 6.07) is 11.0. The fraction of sp³-hybridized carbons (Fsp3) is 0.160. The minimum atomic E-state index is -4.53. The lowest BCUT2D eigenvalue weighted by Gasteiger charge is -2.22. The number of pyridine rings is 1. The van der Waals surface area contributed by atoms with E-state index in [2.05, 4.69) is 20.1 Å². The van der Waals surface area contributed by atoms with Crippen LogP contribution in [0.4, 0.5) is 27.8 Å². The van der Waals surface area contributed by atoms with Gasteiger partial charge >= 0.3 is 6.18 Å². The van der Waals surface area contributed by atoms with Crippen molar-refractivity contribution >= 4 is 12.0 Å². The average Bonchev–Trinajstić information content (AvgIpc) is 3.25. The van der Waals surface area contributed by atoms with Crippen molar-refractivity contribution in [1.82, 2.24) is 20.0 Å². The lowest BCUT2D eigenvalue weighted by atomic mass is 10.0. The van der Waals surface area contributed by atoms with E-state index in [1.165, 1.54) is 30.5 Å². The average molecular weight is 498 g/mol. The van der Waals surface area contributed by atoms with Crippen molar-refractivity contribution < 1.29 is 22.0 Å². The van der Waals surface area contributed by atoms with E-state index in [1.54, 1.807) is 24.1 Å². The van der Waals surface area contributed by atoms with Gasteiger partial charge < -0.3 is 10.7 Å². The van der Waals surface area contributed by atoms with Gasteiger partial charge in [0.05, 0.1) is 47.5 Å². The normalized spacial score (nSPS) is 13.2. The van der Waals surface area contributed by atoms with Crippen molar-refractivity contribution in [1.29, 1.82) is 0 Å². The van der Waals surface area contributed by atoms with Gasteiger partial charge in [0, 0.05) is 11.1 Å². The van der Waals surface area contributed by atoms with Gasteiger partial charge in [0.25, 0.3) is 0 Å². The molecule has 11 heteroatoms. The summed E-state index contributed by atoms with van der Waals surface area (Å²) in [6.07, 6.45) is -3.03. The van der Waals surface area contributed by atoms with Gasteiger partial charge in [0.2, 0.25) is 0 Å². The molecule has 0 aliphatic carbocycles. The molecule has 184 valence electrons. The standard InChI is InChI=1S/C25H19F5N6/c1-13-5-7-15(17(9-13)25(28,29)30)19-8-6-14(23(31)33-19)11-36-12-21-20(10-32-36)34-24(35-21)16-3-2-4-18(26)22(16)27/h2-10H,11-12H2,1H3,(H2,31,33)(H,34,35). The van der Waals surface area contributed by atoms with Crippen LogP contribution in [0, 0.1) is 18.6 Å². The van der Waals surface area contributed by atoms with Crippen molar-refractivity contribution in [2.75, 3.05) is 5.73 Å². The van der Waals surface area contributed by atoms with E-state index in [0.717, 1.165) is 12.1 Å². The number of H-pyrrole nitrogens is 1. The maximum atomic E-state index is 14.2. The topological polar surface area (TPSA) is 83.2 Å². The Kier molecular flexibility index (Phi) is 5.70. The Hall–Kier alpha value is -4.28. The number of halogens is 5. The molecule has 0 spiro atoms. The molecule has 0 radical (unpaired) electrons. The summed E-state index contributed by atoms with van der Waals surface area (Å²) in [5.41, 5.74) is 7.56. The van der Waals surface area contributed by atoms with Crippen LogP contribution < -0.4 is 5.73 Å². The molecule has 0 atom stereocenters. The number of anilines is 1. The van der Waals surface area contributed by atoms with E-state index in [1.807, 2.05) is 0 Å². The lowest BCUT2D eigenvalue weighted by molar-refractivity contribution is -0.137. The summed E-state index contributed by atoms with van der Waals surface area (Å²) in [5, 5.41) is 5.96. The van der Waals surface area contributed by atoms with E-state index in [9.17, 15) is 22.0 Å². The van der Waals surface area contributed by atoms with E-state index >= 15 is 0 Å². The third-order valence-corrected chi connectivity index (χ3v) is 5.82. The number of nitrogen functional groups attached to an aromatic ring is 1. The van der Waals surface area contributed by atoms with Gasteiger partial charge in [-0.05, 0) is 31.2 Å². The van der Waals surface area contributed by atoms with Crippen LogP contribution >= 0.6 is 0 Å². The van der Waals surface area contributed by atoms with Crippen molar-refractivity contribution in [2.45, 2.75) is 26.2 Å². The number of rotatable bonds is 4. The molecule has 0 saturated heterocycles. The van der Waals surface area contributed by atoms with E-state index in [-0.39, 0.29) is 41.6 Å². The van der Waals surface area contributed by atoms with Gasteiger partial charge in [-0.1, -0.05) is 29.8 Å². The Bertz CT molecular complexity index is 1490. The second-order valence-electron chi connectivity index (χ2n) is 8.40. The zero-order valence-electron chi connectivity index (χ0n) is 18.9. The minimum Gasteiger partial charge on any atom is -0.383 e. The predicted molar refractivity (Wildman–Crippen MR) is 125 cm³/mol. The molecule has 1 aliphatic rings. The molecule has 2 aromatic carbocycles. The number of benzene rings is 2. The molecular formula is C25H19F5N6. The zero-order chi connectivity index (χ0) is 25.6. The van der Waals surface area contributed by atoms with Crippen LogP contribution in [0.3, 0.4) is 0 Å². The quantitative estimate of drug-likeness (QED) is 0.355. The number of fused-ring (bicyclic) bond motifs is 1. The number of nitrogens with two attached hydrogens (primary N) is 1. The molecular weight excluding hydrogens is 479 g/mol. The molecule has 36 heavy (non-hydrogen) atoms. The van der Waals surface area contributed by atoms with Crippen LogP contribution in [-0.4, -0.2) is 26.2 Å². The lowest BCUT2D eigenvalue weighted by Crippen LogP contribution is -2.22. The fourth-order valence-electron chi connectivity index (χ4n) is 4.01. The van der Waals surface area contributed by atoms with Crippen LogP contribution in [0.5, 0.6) is 0 Å². The van der Waals surface area contributed by atoms with Crippen molar-refractivity contribution in [3.05, 3.63) is 88.2 Å². The number of hydrazone groups is 1. The van der Waals surface area contributed by atoms with Crippen LogP contribution in [0.2, 0.25) is 0 Å². The number of aromatic amines is 1. The number of hydrogen-bond acceptors (Lipinski definition) is 5. The Labute approximate surface area is 202 Å². The van der Waals surface area contributed by atoms with E-state index in [4.69, 9.17) is 5.73 Å². The number of nitrogens with one attached hydrogen (secondary N) is 1. The second kappa shape index (κ2) is 8.74. The van der Waals surface area contributed by atoms with Gasteiger partial charge in [-0.2, -0.15) is 18.3 Å². The number of aromatic nitrogens is 3. The molecule has 0 bridgehead atoms. The van der Waals surface area contributed by atoms with E-state index in [0.29, 0.717) is 22.5 Å². The highest BCUT2D eigenvalue weighted by molar-refractivity contribution is 5.81. The van der Waals surface area contributed by atoms with Crippen LogP contribution in [0.15, 0.2) is 53.6 Å². The largest absolute Gasteiger partial charge is 0.417 e. The Morgan fingerprint density at radius 2 is 1.83 bits per heavy atom. The van der Waals surface area contributed by atoms with Gasteiger partial charge in [-0.15, -0.1) is 0 Å². The highest BCUT2D eigenvalue weighted by Gasteiger charge is 2.34. The van der Waals surface area contributed by atoms with Crippen molar-refractivity contribution in [3.63, 3.8) is 0 Å². The number of aryl methyl sites for hydroxylation is 1. The third-order valence-electron chi connectivity index (χ3n) is 5.82. The smallest absolute Gasteiger partial charge is 0.383 e. The SMILES string of the molecule is Cc1ccc(-c2ccc(CN3Cc4nc(-c5cccc(F)c5F)[nH]c4C=N3)c(N)n2)c(C(F)(F)F)c1. The first-order chi connectivity index (χ1) is 17.1.